The van der Waals surface area contributed by atoms with Gasteiger partial charge in [-0.1, -0.05) is 35.9 Å². The number of benzene rings is 2. The summed E-state index contributed by atoms with van der Waals surface area (Å²) in [5.74, 6) is 1.41. The molecule has 2 aromatic carbocycles. The van der Waals surface area contributed by atoms with Crippen LogP contribution in [0, 0.1) is 0 Å². The average Bonchev–Trinajstić information content (AvgIpc) is 2.92. The minimum atomic E-state index is -0.394. The largest absolute Gasteiger partial charge is 0.496 e. The number of hydrogen-bond acceptors (Lipinski definition) is 3. The Morgan fingerprint density at radius 2 is 1.95 bits per heavy atom. The van der Waals surface area contributed by atoms with Crippen molar-refractivity contribution in [2.45, 2.75) is 6.04 Å². The van der Waals surface area contributed by atoms with E-state index < -0.39 is 6.04 Å². The van der Waals surface area contributed by atoms with Gasteiger partial charge >= 0.3 is 0 Å². The lowest BCUT2D eigenvalue weighted by Gasteiger charge is -2.13. The number of nitrogens with two attached hydrogens (primary N) is 1. The highest BCUT2D eigenvalue weighted by Gasteiger charge is 2.18. The Kier molecular flexibility index (Phi) is 3.38. The van der Waals surface area contributed by atoms with E-state index in [2.05, 4.69) is 0 Å². The highest BCUT2D eigenvalue weighted by atomic mass is 35.5. The lowest BCUT2D eigenvalue weighted by Crippen LogP contribution is -2.12. The molecule has 0 aliphatic carbocycles. The molecule has 1 atom stereocenters. The number of halogens is 1. The van der Waals surface area contributed by atoms with Gasteiger partial charge in [0.05, 0.1) is 18.2 Å². The first-order chi connectivity index (χ1) is 9.70. The summed E-state index contributed by atoms with van der Waals surface area (Å²) in [4.78, 5) is 0. The third-order valence-corrected chi connectivity index (χ3v) is 3.64. The van der Waals surface area contributed by atoms with E-state index in [-0.39, 0.29) is 0 Å². The van der Waals surface area contributed by atoms with Gasteiger partial charge in [0.25, 0.3) is 0 Å². The lowest BCUT2D eigenvalue weighted by atomic mass is 10.0. The van der Waals surface area contributed by atoms with E-state index in [9.17, 15) is 0 Å². The first kappa shape index (κ1) is 13.0. The number of rotatable bonds is 3. The molecule has 1 aromatic heterocycles. The SMILES string of the molecule is COc1ccccc1C(N)c1cc2c(Cl)cccc2o1. The molecule has 3 nitrogen and oxygen atoms in total. The first-order valence-corrected chi connectivity index (χ1v) is 6.65. The third kappa shape index (κ3) is 2.15. The number of furan rings is 1. The van der Waals surface area contributed by atoms with Crippen molar-refractivity contribution < 1.29 is 9.15 Å². The zero-order valence-electron chi connectivity index (χ0n) is 11.0. The van der Waals surface area contributed by atoms with Gasteiger partial charge in [-0.2, -0.15) is 0 Å². The smallest absolute Gasteiger partial charge is 0.135 e. The Morgan fingerprint density at radius 1 is 1.15 bits per heavy atom. The van der Waals surface area contributed by atoms with Gasteiger partial charge in [-0.25, -0.2) is 0 Å². The van der Waals surface area contributed by atoms with Crippen molar-refractivity contribution in [1.29, 1.82) is 0 Å². The number of fused-ring (bicyclic) bond motifs is 1. The molecule has 4 heteroatoms. The van der Waals surface area contributed by atoms with Crippen LogP contribution in [-0.2, 0) is 0 Å². The summed E-state index contributed by atoms with van der Waals surface area (Å²) < 4.78 is 11.1. The van der Waals surface area contributed by atoms with Crippen LogP contribution in [0.4, 0.5) is 0 Å². The fourth-order valence-corrected chi connectivity index (χ4v) is 2.50. The second-order valence-electron chi connectivity index (χ2n) is 4.52. The highest BCUT2D eigenvalue weighted by Crippen LogP contribution is 2.33. The molecule has 0 radical (unpaired) electrons. The van der Waals surface area contributed by atoms with E-state index in [4.69, 9.17) is 26.5 Å². The quantitative estimate of drug-likeness (QED) is 0.787. The van der Waals surface area contributed by atoms with Crippen LogP contribution in [0.2, 0.25) is 5.02 Å². The van der Waals surface area contributed by atoms with Crippen LogP contribution in [-0.4, -0.2) is 7.11 Å². The number of para-hydroxylation sites is 1. The third-order valence-electron chi connectivity index (χ3n) is 3.31. The van der Waals surface area contributed by atoms with Gasteiger partial charge in [-0.15, -0.1) is 0 Å². The Labute approximate surface area is 121 Å². The fourth-order valence-electron chi connectivity index (χ4n) is 2.27. The maximum Gasteiger partial charge on any atom is 0.135 e. The second-order valence-corrected chi connectivity index (χ2v) is 4.93. The summed E-state index contributed by atoms with van der Waals surface area (Å²) in [6.07, 6.45) is 0. The van der Waals surface area contributed by atoms with Crippen LogP contribution in [0.15, 0.2) is 52.9 Å². The molecule has 0 aliphatic rings. The van der Waals surface area contributed by atoms with E-state index in [1.165, 1.54) is 0 Å². The fraction of sp³-hybridized carbons (Fsp3) is 0.125. The molecular formula is C16H14ClNO2. The summed E-state index contributed by atoms with van der Waals surface area (Å²) in [7, 11) is 1.63. The molecule has 0 aliphatic heterocycles. The Hall–Kier alpha value is -1.97. The molecule has 0 bridgehead atoms. The monoisotopic (exact) mass is 287 g/mol. The normalized spacial score (nSPS) is 12.6. The van der Waals surface area contributed by atoms with Crippen LogP contribution in [0.1, 0.15) is 17.4 Å². The Bertz CT molecular complexity index is 751. The summed E-state index contributed by atoms with van der Waals surface area (Å²) >= 11 is 6.15. The molecule has 102 valence electrons. The topological polar surface area (TPSA) is 48.4 Å². The molecule has 0 amide bonds. The van der Waals surface area contributed by atoms with Crippen LogP contribution < -0.4 is 10.5 Å². The van der Waals surface area contributed by atoms with Gasteiger partial charge in [-0.3, -0.25) is 0 Å². The summed E-state index contributed by atoms with van der Waals surface area (Å²) in [5.41, 5.74) is 7.90. The highest BCUT2D eigenvalue weighted by molar-refractivity contribution is 6.35. The van der Waals surface area contributed by atoms with E-state index in [1.54, 1.807) is 7.11 Å². The maximum absolute atomic E-state index is 6.29. The van der Waals surface area contributed by atoms with Crippen molar-refractivity contribution in [1.82, 2.24) is 0 Å². The summed E-state index contributed by atoms with van der Waals surface area (Å²) in [6.45, 7) is 0. The molecule has 1 unspecified atom stereocenters. The minimum Gasteiger partial charge on any atom is -0.496 e. The van der Waals surface area contributed by atoms with Gasteiger partial charge < -0.3 is 14.9 Å². The van der Waals surface area contributed by atoms with E-state index >= 15 is 0 Å². The van der Waals surface area contributed by atoms with Crippen molar-refractivity contribution in [2.24, 2.45) is 5.73 Å². The average molecular weight is 288 g/mol. The van der Waals surface area contributed by atoms with Crippen LogP contribution in [0.5, 0.6) is 5.75 Å². The van der Waals surface area contributed by atoms with Crippen molar-refractivity contribution >= 4 is 22.6 Å². The Morgan fingerprint density at radius 3 is 2.70 bits per heavy atom. The van der Waals surface area contributed by atoms with Crippen LogP contribution >= 0.6 is 11.6 Å². The number of hydrogen-bond donors (Lipinski definition) is 1. The number of ether oxygens (including phenoxy) is 1. The molecule has 20 heavy (non-hydrogen) atoms. The van der Waals surface area contributed by atoms with Gasteiger partial charge in [-0.05, 0) is 24.3 Å². The molecular weight excluding hydrogens is 274 g/mol. The van der Waals surface area contributed by atoms with Gasteiger partial charge in [0, 0.05) is 10.9 Å². The van der Waals surface area contributed by atoms with Crippen LogP contribution in [0.3, 0.4) is 0 Å². The molecule has 2 N–H and O–H groups in total. The van der Waals surface area contributed by atoms with E-state index in [1.807, 2.05) is 48.5 Å². The second kappa shape index (κ2) is 5.19. The van der Waals surface area contributed by atoms with Crippen molar-refractivity contribution in [3.63, 3.8) is 0 Å². The molecule has 0 saturated heterocycles. The van der Waals surface area contributed by atoms with Crippen LogP contribution in [0.25, 0.3) is 11.0 Å². The van der Waals surface area contributed by atoms with Gasteiger partial charge in [0.2, 0.25) is 0 Å². The zero-order chi connectivity index (χ0) is 14.1. The molecule has 0 saturated carbocycles. The molecule has 0 spiro atoms. The lowest BCUT2D eigenvalue weighted by molar-refractivity contribution is 0.404. The molecule has 0 fully saturated rings. The van der Waals surface area contributed by atoms with E-state index in [0.29, 0.717) is 10.8 Å². The first-order valence-electron chi connectivity index (χ1n) is 6.27. The van der Waals surface area contributed by atoms with Crippen molar-refractivity contribution in [2.75, 3.05) is 7.11 Å². The summed E-state index contributed by atoms with van der Waals surface area (Å²) in [6, 6.07) is 14.7. The predicted octanol–water partition coefficient (Wildman–Crippen LogP) is 4.14. The summed E-state index contributed by atoms with van der Waals surface area (Å²) in [5, 5.41) is 1.53. The van der Waals surface area contributed by atoms with Crippen molar-refractivity contribution in [3.05, 3.63) is 64.9 Å². The van der Waals surface area contributed by atoms with Gasteiger partial charge in [0.1, 0.15) is 17.1 Å². The van der Waals surface area contributed by atoms with Gasteiger partial charge in [0.15, 0.2) is 0 Å². The molecule has 3 aromatic rings. The Balaban J connectivity index is 2.08. The van der Waals surface area contributed by atoms with E-state index in [0.717, 1.165) is 22.3 Å². The minimum absolute atomic E-state index is 0.394. The number of methoxy groups -OCH3 is 1. The molecule has 3 rings (SSSR count). The molecule has 1 heterocycles. The zero-order valence-corrected chi connectivity index (χ0v) is 11.7. The van der Waals surface area contributed by atoms with Crippen molar-refractivity contribution in [3.8, 4) is 5.75 Å². The standard InChI is InChI=1S/C16H14ClNO2/c1-19-13-7-3-2-5-10(13)16(18)15-9-11-12(17)6-4-8-14(11)20-15/h2-9,16H,18H2,1H3. The maximum atomic E-state index is 6.29. The predicted molar refractivity (Wildman–Crippen MR) is 80.2 cm³/mol.